The Balaban J connectivity index is 2.93. The molecule has 1 atom stereocenters. The zero-order chi connectivity index (χ0) is 19.4. The number of hydrogen-bond donors (Lipinski definition) is 2. The normalized spacial score (nSPS) is 12.1. The second-order valence-electron chi connectivity index (χ2n) is 6.53. The monoisotopic (exact) mass is 413 g/mol. The maximum atomic E-state index is 12.5. The molecule has 0 radical (unpaired) electrons. The van der Waals surface area contributed by atoms with Gasteiger partial charge in [-0.15, -0.1) is 0 Å². The second kappa shape index (κ2) is 8.33. The summed E-state index contributed by atoms with van der Waals surface area (Å²) >= 11 is 3.31. The number of hydrogen-bond acceptors (Lipinski definition) is 4. The zero-order valence-electron chi connectivity index (χ0n) is 15.3. The molecule has 0 aliphatic heterocycles. The Labute approximate surface area is 156 Å². The first-order valence-electron chi connectivity index (χ1n) is 7.74. The van der Waals surface area contributed by atoms with Crippen LogP contribution in [0.4, 0.5) is 10.5 Å². The van der Waals surface area contributed by atoms with E-state index >= 15 is 0 Å². The minimum absolute atomic E-state index is 0.323. The predicted molar refractivity (Wildman–Crippen MR) is 99.6 cm³/mol. The molecule has 8 heteroatoms. The zero-order valence-corrected chi connectivity index (χ0v) is 16.9. The highest BCUT2D eigenvalue weighted by atomic mass is 79.9. The highest BCUT2D eigenvalue weighted by Crippen LogP contribution is 2.22. The lowest BCUT2D eigenvalue weighted by Crippen LogP contribution is -2.45. The van der Waals surface area contributed by atoms with Gasteiger partial charge < -0.3 is 15.4 Å². The van der Waals surface area contributed by atoms with Gasteiger partial charge in [-0.2, -0.15) is 0 Å². The van der Waals surface area contributed by atoms with E-state index in [4.69, 9.17) is 4.74 Å². The molecule has 0 saturated heterocycles. The molecule has 0 bridgehead atoms. The number of halogens is 1. The van der Waals surface area contributed by atoms with Gasteiger partial charge in [-0.05, 0) is 45.9 Å². The molecule has 1 rings (SSSR count). The molecule has 0 aromatic heterocycles. The Morgan fingerprint density at radius 1 is 1.24 bits per heavy atom. The summed E-state index contributed by atoms with van der Waals surface area (Å²) in [5.41, 5.74) is 0.0208. The molecule has 0 fully saturated rings. The van der Waals surface area contributed by atoms with Gasteiger partial charge in [0.05, 0.1) is 11.3 Å². The van der Waals surface area contributed by atoms with Gasteiger partial charge in [0.1, 0.15) is 11.6 Å². The SMILES string of the molecule is CNC(=O)c1ccc(Br)cc1NC(=O)C(C)N(C)C(=O)OC(C)(C)C. The maximum absolute atomic E-state index is 12.5. The molecule has 138 valence electrons. The number of amides is 3. The fraction of sp³-hybridized carbons (Fsp3) is 0.471. The summed E-state index contributed by atoms with van der Waals surface area (Å²) in [6.07, 6.45) is -0.601. The molecule has 0 spiro atoms. The number of carbonyl (C=O) groups is 3. The van der Waals surface area contributed by atoms with Gasteiger partial charge >= 0.3 is 6.09 Å². The summed E-state index contributed by atoms with van der Waals surface area (Å²) < 4.78 is 5.97. The topological polar surface area (TPSA) is 87.7 Å². The Morgan fingerprint density at radius 2 is 1.84 bits per heavy atom. The molecule has 0 aliphatic rings. The van der Waals surface area contributed by atoms with Crippen LogP contribution in [0.2, 0.25) is 0 Å². The van der Waals surface area contributed by atoms with Crippen LogP contribution in [0, 0.1) is 0 Å². The highest BCUT2D eigenvalue weighted by molar-refractivity contribution is 9.10. The average molecular weight is 414 g/mol. The van der Waals surface area contributed by atoms with Crippen molar-refractivity contribution in [2.75, 3.05) is 19.4 Å². The van der Waals surface area contributed by atoms with Crippen molar-refractivity contribution < 1.29 is 19.1 Å². The molecule has 1 aromatic rings. The highest BCUT2D eigenvalue weighted by Gasteiger charge is 2.27. The third-order valence-corrected chi connectivity index (χ3v) is 3.85. The van der Waals surface area contributed by atoms with Gasteiger partial charge in [-0.3, -0.25) is 14.5 Å². The van der Waals surface area contributed by atoms with Gasteiger partial charge in [0, 0.05) is 18.6 Å². The van der Waals surface area contributed by atoms with Crippen LogP contribution < -0.4 is 10.6 Å². The quantitative estimate of drug-likeness (QED) is 0.793. The van der Waals surface area contributed by atoms with E-state index in [1.165, 1.54) is 19.0 Å². The van der Waals surface area contributed by atoms with Gasteiger partial charge in [0.25, 0.3) is 5.91 Å². The number of carbonyl (C=O) groups excluding carboxylic acids is 3. The number of benzene rings is 1. The third kappa shape index (κ3) is 6.04. The van der Waals surface area contributed by atoms with Crippen LogP contribution in [0.3, 0.4) is 0 Å². The molecule has 7 nitrogen and oxygen atoms in total. The van der Waals surface area contributed by atoms with E-state index < -0.39 is 23.6 Å². The Bertz CT molecular complexity index is 670. The van der Waals surface area contributed by atoms with E-state index in [9.17, 15) is 14.4 Å². The molecule has 0 saturated carbocycles. The largest absolute Gasteiger partial charge is 0.444 e. The summed E-state index contributed by atoms with van der Waals surface area (Å²) in [4.78, 5) is 37.7. The molecule has 2 N–H and O–H groups in total. The second-order valence-corrected chi connectivity index (χ2v) is 7.44. The molecule has 25 heavy (non-hydrogen) atoms. The molecule has 0 heterocycles. The lowest BCUT2D eigenvalue weighted by atomic mass is 10.1. The Kier molecular flexibility index (Phi) is 6.98. The summed E-state index contributed by atoms with van der Waals surface area (Å²) in [6.45, 7) is 6.83. The van der Waals surface area contributed by atoms with E-state index in [2.05, 4.69) is 26.6 Å². The fourth-order valence-electron chi connectivity index (χ4n) is 1.86. The standard InChI is InChI=1S/C17H24BrN3O4/c1-10(21(6)16(24)25-17(2,3)4)14(22)20-13-9-11(18)7-8-12(13)15(23)19-5/h7-10H,1-6H3,(H,19,23)(H,20,22). The maximum Gasteiger partial charge on any atom is 0.410 e. The van der Waals surface area contributed by atoms with Crippen LogP contribution in [0.25, 0.3) is 0 Å². The van der Waals surface area contributed by atoms with Crippen LogP contribution in [0.1, 0.15) is 38.1 Å². The number of rotatable bonds is 4. The number of nitrogens with one attached hydrogen (secondary N) is 2. The van der Waals surface area contributed by atoms with Gasteiger partial charge in [-0.1, -0.05) is 15.9 Å². The van der Waals surface area contributed by atoms with Crippen molar-refractivity contribution in [2.24, 2.45) is 0 Å². The van der Waals surface area contributed by atoms with Crippen molar-refractivity contribution in [3.8, 4) is 0 Å². The van der Waals surface area contributed by atoms with Crippen molar-refractivity contribution >= 4 is 39.5 Å². The van der Waals surface area contributed by atoms with Crippen molar-refractivity contribution in [3.63, 3.8) is 0 Å². The number of anilines is 1. The van der Waals surface area contributed by atoms with E-state index in [0.29, 0.717) is 15.7 Å². The van der Waals surface area contributed by atoms with Crippen molar-refractivity contribution in [2.45, 2.75) is 39.3 Å². The van der Waals surface area contributed by atoms with Gasteiger partial charge in [0.2, 0.25) is 5.91 Å². The first kappa shape index (κ1) is 21.0. The minimum atomic E-state index is -0.786. The van der Waals surface area contributed by atoms with Crippen molar-refractivity contribution in [3.05, 3.63) is 28.2 Å². The summed E-state index contributed by atoms with van der Waals surface area (Å²) in [7, 11) is 2.99. The van der Waals surface area contributed by atoms with E-state index in [-0.39, 0.29) is 5.91 Å². The smallest absolute Gasteiger partial charge is 0.410 e. The molecule has 3 amide bonds. The Morgan fingerprint density at radius 3 is 2.36 bits per heavy atom. The van der Waals surface area contributed by atoms with Crippen LogP contribution in [-0.4, -0.2) is 48.5 Å². The van der Waals surface area contributed by atoms with Crippen LogP contribution in [0.15, 0.2) is 22.7 Å². The van der Waals surface area contributed by atoms with E-state index in [1.54, 1.807) is 45.9 Å². The fourth-order valence-corrected chi connectivity index (χ4v) is 2.22. The lowest BCUT2D eigenvalue weighted by molar-refractivity contribution is -0.120. The minimum Gasteiger partial charge on any atom is -0.444 e. The number of nitrogens with zero attached hydrogens (tertiary/aromatic N) is 1. The summed E-state index contributed by atoms with van der Waals surface area (Å²) in [5.74, 6) is -0.757. The van der Waals surface area contributed by atoms with Crippen molar-refractivity contribution in [1.82, 2.24) is 10.2 Å². The third-order valence-electron chi connectivity index (χ3n) is 3.35. The van der Waals surface area contributed by atoms with E-state index in [1.807, 2.05) is 0 Å². The average Bonchev–Trinajstić information content (AvgIpc) is 2.51. The Hall–Kier alpha value is -2.09. The van der Waals surface area contributed by atoms with Gasteiger partial charge in [-0.25, -0.2) is 4.79 Å². The molecule has 0 aliphatic carbocycles. The van der Waals surface area contributed by atoms with Crippen molar-refractivity contribution in [1.29, 1.82) is 0 Å². The predicted octanol–water partition coefficient (Wildman–Crippen LogP) is 3.00. The van der Waals surface area contributed by atoms with Gasteiger partial charge in [0.15, 0.2) is 0 Å². The molecule has 1 unspecified atom stereocenters. The molecular formula is C17H24BrN3O4. The number of ether oxygens (including phenoxy) is 1. The molecular weight excluding hydrogens is 390 g/mol. The van der Waals surface area contributed by atoms with Crippen LogP contribution in [0.5, 0.6) is 0 Å². The lowest BCUT2D eigenvalue weighted by Gasteiger charge is -2.28. The summed E-state index contributed by atoms with van der Waals surface area (Å²) in [6, 6.07) is 4.14. The summed E-state index contributed by atoms with van der Waals surface area (Å²) in [5, 5.41) is 5.21. The molecule has 1 aromatic carbocycles. The van der Waals surface area contributed by atoms with E-state index in [0.717, 1.165) is 0 Å². The first-order valence-corrected chi connectivity index (χ1v) is 8.54. The number of likely N-dealkylation sites (N-methyl/N-ethyl adjacent to an activating group) is 1. The van der Waals surface area contributed by atoms with Crippen LogP contribution in [-0.2, 0) is 9.53 Å². The van der Waals surface area contributed by atoms with Crippen LogP contribution >= 0.6 is 15.9 Å². The first-order chi connectivity index (χ1) is 11.5.